The average Bonchev–Trinajstić information content (AvgIpc) is 3.05. The summed E-state index contributed by atoms with van der Waals surface area (Å²) in [6, 6.07) is 0.475. The molecule has 1 aromatic heterocycles. The van der Waals surface area contributed by atoms with Crippen LogP contribution in [0.15, 0.2) is 15.6 Å². The molecule has 0 amide bonds. The van der Waals surface area contributed by atoms with Gasteiger partial charge in [-0.3, -0.25) is 0 Å². The fourth-order valence-electron chi connectivity index (χ4n) is 3.02. The van der Waals surface area contributed by atoms with E-state index in [-0.39, 0.29) is 29.4 Å². The molecule has 0 aliphatic heterocycles. The first-order chi connectivity index (χ1) is 12.2. The number of hydrogen-bond acceptors (Lipinski definition) is 4. The lowest BCUT2D eigenvalue weighted by Crippen LogP contribution is -2.48. The molecule has 1 atom stereocenters. The van der Waals surface area contributed by atoms with Crippen LogP contribution in [-0.4, -0.2) is 49.1 Å². The van der Waals surface area contributed by atoms with Crippen LogP contribution in [0.1, 0.15) is 66.0 Å². The number of nitrogens with zero attached hydrogens (tertiary/aromatic N) is 3. The highest BCUT2D eigenvalue weighted by Gasteiger charge is 2.21. The number of rotatable bonds is 9. The summed E-state index contributed by atoms with van der Waals surface area (Å²) in [6.07, 6.45) is 4.17. The standard InChI is InChI=1S/C20H39N5O.HI/c1-9-15(10-2)16(25(7)8)12-23-19(21-11-3)24-14-18-22-13-17(26-18)20(4,5)6;/h13,15-16H,9-12,14H2,1-8H3,(H2,21,23,24);1H. The number of nitrogens with one attached hydrogen (secondary N) is 2. The lowest BCUT2D eigenvalue weighted by molar-refractivity contribution is 0.200. The zero-order chi connectivity index (χ0) is 19.7. The van der Waals surface area contributed by atoms with Gasteiger partial charge < -0.3 is 20.0 Å². The number of halogens is 1. The zero-order valence-corrected chi connectivity index (χ0v) is 20.8. The van der Waals surface area contributed by atoms with Gasteiger partial charge in [-0.05, 0) is 26.9 Å². The third-order valence-electron chi connectivity index (χ3n) is 4.74. The van der Waals surface area contributed by atoms with Crippen LogP contribution >= 0.6 is 24.0 Å². The Morgan fingerprint density at radius 2 is 1.81 bits per heavy atom. The Labute approximate surface area is 183 Å². The van der Waals surface area contributed by atoms with Gasteiger partial charge in [0, 0.05) is 24.5 Å². The topological polar surface area (TPSA) is 65.7 Å². The first-order valence-corrected chi connectivity index (χ1v) is 9.86. The molecule has 0 saturated heterocycles. The Hall–Kier alpha value is -0.830. The van der Waals surface area contributed by atoms with E-state index in [9.17, 15) is 0 Å². The lowest BCUT2D eigenvalue weighted by Gasteiger charge is -2.32. The van der Waals surface area contributed by atoms with Gasteiger partial charge in [0.15, 0.2) is 5.96 Å². The zero-order valence-electron chi connectivity index (χ0n) is 18.4. The molecule has 0 spiro atoms. The first-order valence-electron chi connectivity index (χ1n) is 9.86. The lowest BCUT2D eigenvalue weighted by atomic mass is 9.93. The minimum Gasteiger partial charge on any atom is -0.443 e. The third kappa shape index (κ3) is 8.81. The molecule has 1 aromatic rings. The molecular weight excluding hydrogens is 453 g/mol. The van der Waals surface area contributed by atoms with Crippen LogP contribution in [0, 0.1) is 5.92 Å². The summed E-state index contributed by atoms with van der Waals surface area (Å²) in [7, 11) is 4.30. The van der Waals surface area contributed by atoms with E-state index in [1.54, 1.807) is 6.20 Å². The van der Waals surface area contributed by atoms with Crippen molar-refractivity contribution in [1.82, 2.24) is 20.5 Å². The van der Waals surface area contributed by atoms with E-state index in [4.69, 9.17) is 4.42 Å². The summed E-state index contributed by atoms with van der Waals surface area (Å²) in [6.45, 7) is 15.1. The fraction of sp³-hybridized carbons (Fsp3) is 0.800. The molecule has 27 heavy (non-hydrogen) atoms. The van der Waals surface area contributed by atoms with Gasteiger partial charge in [0.1, 0.15) is 12.3 Å². The molecule has 0 aromatic carbocycles. The smallest absolute Gasteiger partial charge is 0.216 e. The molecule has 0 bridgehead atoms. The van der Waals surface area contributed by atoms with Crippen LogP contribution in [0.2, 0.25) is 0 Å². The van der Waals surface area contributed by atoms with E-state index >= 15 is 0 Å². The molecule has 0 radical (unpaired) electrons. The maximum absolute atomic E-state index is 5.83. The molecule has 0 fully saturated rings. The van der Waals surface area contributed by atoms with Crippen LogP contribution in [0.4, 0.5) is 0 Å². The summed E-state index contributed by atoms with van der Waals surface area (Å²) in [4.78, 5) is 11.3. The molecule has 0 aliphatic rings. The van der Waals surface area contributed by atoms with E-state index in [1.165, 1.54) is 12.8 Å². The number of oxazole rings is 1. The predicted molar refractivity (Wildman–Crippen MR) is 125 cm³/mol. The Kier molecular flexibility index (Phi) is 12.2. The second-order valence-electron chi connectivity index (χ2n) is 8.05. The van der Waals surface area contributed by atoms with Crippen LogP contribution < -0.4 is 10.6 Å². The van der Waals surface area contributed by atoms with Gasteiger partial charge in [-0.25, -0.2) is 9.98 Å². The number of aliphatic imine (C=N–C) groups is 1. The van der Waals surface area contributed by atoms with E-state index in [1.807, 2.05) is 0 Å². The Balaban J connectivity index is 0.00000676. The maximum atomic E-state index is 5.83. The van der Waals surface area contributed by atoms with Gasteiger partial charge in [-0.15, -0.1) is 24.0 Å². The van der Waals surface area contributed by atoms with Crippen molar-refractivity contribution in [3.63, 3.8) is 0 Å². The van der Waals surface area contributed by atoms with Crippen molar-refractivity contribution in [3.8, 4) is 0 Å². The van der Waals surface area contributed by atoms with Crippen LogP contribution in [-0.2, 0) is 12.0 Å². The van der Waals surface area contributed by atoms with Gasteiger partial charge in [0.25, 0.3) is 0 Å². The molecular formula is C20H40IN5O. The van der Waals surface area contributed by atoms with Crippen LogP contribution in [0.3, 0.4) is 0 Å². The molecule has 158 valence electrons. The minimum absolute atomic E-state index is 0. The largest absolute Gasteiger partial charge is 0.443 e. The molecule has 7 heteroatoms. The van der Waals surface area contributed by atoms with E-state index in [0.717, 1.165) is 24.8 Å². The first kappa shape index (κ1) is 26.2. The van der Waals surface area contributed by atoms with Gasteiger partial charge in [0.2, 0.25) is 5.89 Å². The van der Waals surface area contributed by atoms with E-state index in [2.05, 4.69) is 81.1 Å². The molecule has 6 nitrogen and oxygen atoms in total. The monoisotopic (exact) mass is 493 g/mol. The van der Waals surface area contributed by atoms with Gasteiger partial charge in [-0.2, -0.15) is 0 Å². The molecule has 0 saturated carbocycles. The molecule has 1 unspecified atom stereocenters. The number of aromatic nitrogens is 1. The summed E-state index contributed by atoms with van der Waals surface area (Å²) in [5.74, 6) is 3.01. The Morgan fingerprint density at radius 1 is 1.19 bits per heavy atom. The highest BCUT2D eigenvalue weighted by Crippen LogP contribution is 2.22. The van der Waals surface area contributed by atoms with E-state index in [0.29, 0.717) is 24.4 Å². The average molecular weight is 493 g/mol. The highest BCUT2D eigenvalue weighted by atomic mass is 127. The fourth-order valence-corrected chi connectivity index (χ4v) is 3.02. The van der Waals surface area contributed by atoms with Gasteiger partial charge in [0.05, 0.1) is 6.20 Å². The number of hydrogen-bond donors (Lipinski definition) is 2. The van der Waals surface area contributed by atoms with Crippen LogP contribution in [0.5, 0.6) is 0 Å². The van der Waals surface area contributed by atoms with Crippen molar-refractivity contribution < 1.29 is 4.42 Å². The SMILES string of the molecule is CCNC(=NCc1ncc(C(C)(C)C)o1)NCC(C(CC)CC)N(C)C.I. The number of guanidine groups is 1. The summed E-state index contributed by atoms with van der Waals surface area (Å²) >= 11 is 0. The predicted octanol–water partition coefficient (Wildman–Crippen LogP) is 4.01. The van der Waals surface area contributed by atoms with E-state index < -0.39 is 0 Å². The van der Waals surface area contributed by atoms with Gasteiger partial charge >= 0.3 is 0 Å². The van der Waals surface area contributed by atoms with Crippen molar-refractivity contribution in [2.45, 2.75) is 72.4 Å². The number of likely N-dealkylation sites (N-methyl/N-ethyl adjacent to an activating group) is 1. The normalized spacial score (nSPS) is 13.6. The van der Waals surface area contributed by atoms with Crippen molar-refractivity contribution in [3.05, 3.63) is 17.8 Å². The van der Waals surface area contributed by atoms with Gasteiger partial charge in [-0.1, -0.05) is 47.5 Å². The van der Waals surface area contributed by atoms with Crippen molar-refractivity contribution >= 4 is 29.9 Å². The quantitative estimate of drug-likeness (QED) is 0.309. The Bertz CT molecular complexity index is 547. The molecule has 0 aliphatic carbocycles. The summed E-state index contributed by atoms with van der Waals surface area (Å²) in [5, 5.41) is 6.80. The highest BCUT2D eigenvalue weighted by molar-refractivity contribution is 14.0. The maximum Gasteiger partial charge on any atom is 0.216 e. The second-order valence-corrected chi connectivity index (χ2v) is 8.05. The van der Waals surface area contributed by atoms with Crippen molar-refractivity contribution in [2.75, 3.05) is 27.2 Å². The molecule has 2 N–H and O–H groups in total. The van der Waals surface area contributed by atoms with Crippen molar-refractivity contribution in [2.24, 2.45) is 10.9 Å². The molecule has 1 heterocycles. The van der Waals surface area contributed by atoms with Crippen LogP contribution in [0.25, 0.3) is 0 Å². The minimum atomic E-state index is -0.0358. The second kappa shape index (κ2) is 12.6. The summed E-state index contributed by atoms with van der Waals surface area (Å²) < 4.78 is 5.83. The van der Waals surface area contributed by atoms with Crippen molar-refractivity contribution in [1.29, 1.82) is 0 Å². The third-order valence-corrected chi connectivity index (χ3v) is 4.74. The molecule has 1 rings (SSSR count). The Morgan fingerprint density at radius 3 is 2.26 bits per heavy atom. The summed E-state index contributed by atoms with van der Waals surface area (Å²) in [5.41, 5.74) is -0.0358.